The van der Waals surface area contributed by atoms with Crippen LogP contribution in [-0.4, -0.2) is 16.5 Å². The van der Waals surface area contributed by atoms with E-state index in [4.69, 9.17) is 17.3 Å². The molecule has 1 aromatic carbocycles. The van der Waals surface area contributed by atoms with Crippen molar-refractivity contribution in [1.29, 1.82) is 0 Å². The van der Waals surface area contributed by atoms with Crippen LogP contribution in [0.2, 0.25) is 5.02 Å². The number of nitrogens with two attached hydrogens (primary N) is 1. The number of fused-ring (bicyclic) bond motifs is 1. The number of nitrogens with zero attached hydrogens (tertiary/aromatic N) is 1. The van der Waals surface area contributed by atoms with E-state index in [1.807, 2.05) is 6.07 Å². The highest BCUT2D eigenvalue weighted by molar-refractivity contribution is 14.1. The first-order chi connectivity index (χ1) is 10.7. The lowest BCUT2D eigenvalue weighted by atomic mass is 10.0. The molecule has 3 nitrogen and oxygen atoms in total. The average Bonchev–Trinajstić information content (AvgIpc) is 2.86. The molecule has 3 rings (SSSR count). The number of hydrogen-bond acceptors (Lipinski definition) is 2. The third kappa shape index (κ3) is 3.14. The maximum absolute atomic E-state index is 6.35. The minimum atomic E-state index is 0.670. The lowest BCUT2D eigenvalue weighted by Crippen LogP contribution is -1.99. The Labute approximate surface area is 148 Å². The topological polar surface area (TPSA) is 54.7 Å². The number of halogens is 2. The van der Waals surface area contributed by atoms with Gasteiger partial charge in [0.15, 0.2) is 0 Å². The van der Waals surface area contributed by atoms with Crippen molar-refractivity contribution in [3.63, 3.8) is 0 Å². The second-order valence-electron chi connectivity index (χ2n) is 5.27. The van der Waals surface area contributed by atoms with Gasteiger partial charge in [-0.15, -0.1) is 0 Å². The molecule has 0 fully saturated rings. The van der Waals surface area contributed by atoms with Crippen LogP contribution in [0.1, 0.15) is 18.4 Å². The van der Waals surface area contributed by atoms with E-state index in [0.717, 1.165) is 42.6 Å². The van der Waals surface area contributed by atoms with E-state index in [-0.39, 0.29) is 0 Å². The first-order valence-electron chi connectivity index (χ1n) is 7.30. The average molecular weight is 426 g/mol. The molecule has 2 heterocycles. The van der Waals surface area contributed by atoms with E-state index in [1.165, 1.54) is 14.5 Å². The van der Waals surface area contributed by atoms with Gasteiger partial charge in [-0.05, 0) is 78.2 Å². The Morgan fingerprint density at radius 2 is 2.09 bits per heavy atom. The molecule has 0 atom stereocenters. The van der Waals surface area contributed by atoms with E-state index >= 15 is 0 Å². The van der Waals surface area contributed by atoms with Gasteiger partial charge >= 0.3 is 0 Å². The van der Waals surface area contributed by atoms with Gasteiger partial charge < -0.3 is 10.7 Å². The van der Waals surface area contributed by atoms with Crippen LogP contribution >= 0.6 is 34.2 Å². The number of benzene rings is 1. The second-order valence-corrected chi connectivity index (χ2v) is 6.92. The molecule has 5 heteroatoms. The van der Waals surface area contributed by atoms with Crippen molar-refractivity contribution in [3.05, 3.63) is 50.8 Å². The first kappa shape index (κ1) is 15.8. The summed E-state index contributed by atoms with van der Waals surface area (Å²) in [5.74, 6) is 0. The molecule has 0 saturated heterocycles. The zero-order chi connectivity index (χ0) is 15.5. The van der Waals surface area contributed by atoms with Gasteiger partial charge in [-0.25, -0.2) is 0 Å². The van der Waals surface area contributed by atoms with Gasteiger partial charge in [0.1, 0.15) is 0 Å². The van der Waals surface area contributed by atoms with Crippen LogP contribution in [-0.2, 0) is 6.42 Å². The van der Waals surface area contributed by atoms with Gasteiger partial charge in [0.2, 0.25) is 0 Å². The summed E-state index contributed by atoms with van der Waals surface area (Å²) >= 11 is 8.70. The third-order valence-electron chi connectivity index (χ3n) is 3.79. The Morgan fingerprint density at radius 3 is 2.86 bits per heavy atom. The summed E-state index contributed by atoms with van der Waals surface area (Å²) in [7, 11) is 0. The van der Waals surface area contributed by atoms with Crippen molar-refractivity contribution in [2.24, 2.45) is 5.73 Å². The van der Waals surface area contributed by atoms with Gasteiger partial charge in [0.25, 0.3) is 0 Å². The molecule has 0 aliphatic carbocycles. The Kier molecular flexibility index (Phi) is 5.00. The largest absolute Gasteiger partial charge is 0.354 e. The molecule has 0 radical (unpaired) electrons. The number of aromatic nitrogens is 2. The minimum absolute atomic E-state index is 0.670. The molecule has 3 aromatic rings. The maximum Gasteiger partial charge on any atom is 0.0682 e. The SMILES string of the molecule is NCCCCc1c(-c2ccncc2Cl)[nH]c2ccc(I)cc12. The number of H-pyrrole nitrogens is 1. The van der Waals surface area contributed by atoms with E-state index < -0.39 is 0 Å². The molecule has 22 heavy (non-hydrogen) atoms. The molecular formula is C17H17ClIN3. The van der Waals surface area contributed by atoms with E-state index in [9.17, 15) is 0 Å². The highest BCUT2D eigenvalue weighted by atomic mass is 127. The number of aromatic amines is 1. The zero-order valence-corrected chi connectivity index (χ0v) is 15.0. The summed E-state index contributed by atoms with van der Waals surface area (Å²) < 4.78 is 1.23. The quantitative estimate of drug-likeness (QED) is 0.457. The predicted octanol–water partition coefficient (Wildman–Crippen LogP) is 4.77. The predicted molar refractivity (Wildman–Crippen MR) is 101 cm³/mol. The smallest absolute Gasteiger partial charge is 0.0682 e. The van der Waals surface area contributed by atoms with Gasteiger partial charge in [-0.1, -0.05) is 11.6 Å². The van der Waals surface area contributed by atoms with Gasteiger partial charge in [-0.3, -0.25) is 4.98 Å². The molecule has 2 aromatic heterocycles. The van der Waals surface area contributed by atoms with Crippen molar-refractivity contribution in [1.82, 2.24) is 9.97 Å². The molecule has 0 spiro atoms. The van der Waals surface area contributed by atoms with Crippen molar-refractivity contribution in [2.75, 3.05) is 6.54 Å². The van der Waals surface area contributed by atoms with Crippen LogP contribution in [0.25, 0.3) is 22.2 Å². The Bertz CT molecular complexity index is 798. The number of aryl methyl sites for hydroxylation is 1. The molecule has 114 valence electrons. The highest BCUT2D eigenvalue weighted by Gasteiger charge is 2.15. The number of nitrogens with one attached hydrogen (secondary N) is 1. The first-order valence-corrected chi connectivity index (χ1v) is 8.76. The van der Waals surface area contributed by atoms with Crippen molar-refractivity contribution >= 4 is 45.1 Å². The number of rotatable bonds is 5. The van der Waals surface area contributed by atoms with E-state index in [1.54, 1.807) is 12.4 Å². The third-order valence-corrected chi connectivity index (χ3v) is 4.76. The summed E-state index contributed by atoms with van der Waals surface area (Å²) in [6.45, 7) is 0.727. The van der Waals surface area contributed by atoms with Crippen LogP contribution in [0.4, 0.5) is 0 Å². The van der Waals surface area contributed by atoms with Crippen molar-refractivity contribution in [2.45, 2.75) is 19.3 Å². The maximum atomic E-state index is 6.35. The monoisotopic (exact) mass is 425 g/mol. The van der Waals surface area contributed by atoms with Crippen LogP contribution < -0.4 is 5.73 Å². The molecule has 0 aliphatic rings. The van der Waals surface area contributed by atoms with Crippen molar-refractivity contribution < 1.29 is 0 Å². The highest BCUT2D eigenvalue weighted by Crippen LogP contribution is 2.35. The normalized spacial score (nSPS) is 11.2. The zero-order valence-electron chi connectivity index (χ0n) is 12.1. The fourth-order valence-corrected chi connectivity index (χ4v) is 3.44. The number of pyridine rings is 1. The van der Waals surface area contributed by atoms with E-state index in [0.29, 0.717) is 5.02 Å². The molecule has 0 amide bonds. The number of hydrogen-bond donors (Lipinski definition) is 2. The van der Waals surface area contributed by atoms with Gasteiger partial charge in [-0.2, -0.15) is 0 Å². The van der Waals surface area contributed by atoms with Crippen molar-refractivity contribution in [3.8, 4) is 11.3 Å². The fourth-order valence-electron chi connectivity index (χ4n) is 2.73. The summed E-state index contributed by atoms with van der Waals surface area (Å²) in [5.41, 5.74) is 10.2. The van der Waals surface area contributed by atoms with Gasteiger partial charge in [0, 0.05) is 32.4 Å². The summed E-state index contributed by atoms with van der Waals surface area (Å²) in [6.07, 6.45) is 6.56. The van der Waals surface area contributed by atoms with Gasteiger partial charge in [0.05, 0.1) is 10.7 Å². The standard InChI is InChI=1S/C17H17ClIN3/c18-15-10-21-8-6-13(15)17-12(3-1-2-7-20)14-9-11(19)4-5-16(14)22-17/h4-6,8-10,22H,1-3,7,20H2. The Hall–Kier alpha value is -1.11. The minimum Gasteiger partial charge on any atom is -0.354 e. The Morgan fingerprint density at radius 1 is 1.23 bits per heavy atom. The molecule has 3 N–H and O–H groups in total. The molecule has 0 aliphatic heterocycles. The van der Waals surface area contributed by atoms with Crippen LogP contribution in [0, 0.1) is 3.57 Å². The van der Waals surface area contributed by atoms with E-state index in [2.05, 4.69) is 50.8 Å². The Balaban J connectivity index is 2.15. The molecule has 0 saturated carbocycles. The summed E-state index contributed by atoms with van der Waals surface area (Å²) in [5, 5.41) is 1.94. The molecule has 0 unspecified atom stereocenters. The molecular weight excluding hydrogens is 409 g/mol. The number of unbranched alkanes of at least 4 members (excludes halogenated alkanes) is 1. The van der Waals surface area contributed by atoms with Crippen LogP contribution in [0.5, 0.6) is 0 Å². The lowest BCUT2D eigenvalue weighted by molar-refractivity contribution is 0.748. The lowest BCUT2D eigenvalue weighted by Gasteiger charge is -2.06. The van der Waals surface area contributed by atoms with Crippen LogP contribution in [0.15, 0.2) is 36.7 Å². The molecule has 0 bridgehead atoms. The summed E-state index contributed by atoms with van der Waals surface area (Å²) in [6, 6.07) is 8.43. The second kappa shape index (κ2) is 6.98. The van der Waals surface area contributed by atoms with Crippen LogP contribution in [0.3, 0.4) is 0 Å². The summed E-state index contributed by atoms with van der Waals surface area (Å²) in [4.78, 5) is 7.61. The fraction of sp³-hybridized carbons (Fsp3) is 0.235.